The van der Waals surface area contributed by atoms with E-state index in [9.17, 15) is 9.90 Å². The zero-order valence-electron chi connectivity index (χ0n) is 24.5. The number of nitrogens with zero attached hydrogens (tertiary/aromatic N) is 1. The van der Waals surface area contributed by atoms with E-state index in [1.807, 2.05) is 24.3 Å². The molecule has 6 fully saturated rings. The Labute approximate surface area is 249 Å². The Hall–Kier alpha value is -2.49. The quantitative estimate of drug-likeness (QED) is 0.418. The minimum Gasteiger partial charge on any atom is -0.392 e. The van der Waals surface area contributed by atoms with Crippen molar-refractivity contribution in [3.05, 3.63) is 70.8 Å². The van der Waals surface area contributed by atoms with Gasteiger partial charge in [0.05, 0.1) is 32.0 Å². The van der Waals surface area contributed by atoms with Gasteiger partial charge >= 0.3 is 6.03 Å². The summed E-state index contributed by atoms with van der Waals surface area (Å²) < 4.78 is 18.6. The Morgan fingerprint density at radius 2 is 1.45 bits per heavy atom. The molecule has 4 saturated carbocycles. The van der Waals surface area contributed by atoms with Gasteiger partial charge < -0.3 is 30.0 Å². The topological polar surface area (TPSA) is 92.3 Å². The molecule has 2 aliphatic heterocycles. The third-order valence-electron chi connectivity index (χ3n) is 10.3. The van der Waals surface area contributed by atoms with Crippen LogP contribution in [0.2, 0.25) is 0 Å². The number of hydrogen-bond acceptors (Lipinski definition) is 6. The first-order chi connectivity index (χ1) is 20.5. The number of urea groups is 1. The summed E-state index contributed by atoms with van der Waals surface area (Å²) in [4.78, 5) is 15.3. The lowest BCUT2D eigenvalue weighted by molar-refractivity contribution is -0.253. The van der Waals surface area contributed by atoms with Crippen molar-refractivity contribution >= 4 is 6.03 Å². The minimum absolute atomic E-state index is 0.0189. The maximum absolute atomic E-state index is 12.9. The maximum atomic E-state index is 12.9. The molecular weight excluding hydrogens is 530 g/mol. The number of carbonyl (C=O) groups is 1. The predicted molar refractivity (Wildman–Crippen MR) is 158 cm³/mol. The molecular formula is C34H45N3O5. The van der Waals surface area contributed by atoms with Crippen LogP contribution < -0.4 is 10.6 Å². The molecule has 0 unspecified atom stereocenters. The number of rotatable bonds is 8. The van der Waals surface area contributed by atoms with Crippen molar-refractivity contribution in [3.63, 3.8) is 0 Å². The summed E-state index contributed by atoms with van der Waals surface area (Å²) in [6.45, 7) is 4.71. The molecule has 8 heteroatoms. The van der Waals surface area contributed by atoms with Crippen LogP contribution in [0.1, 0.15) is 79.6 Å². The summed E-state index contributed by atoms with van der Waals surface area (Å²) in [7, 11) is 0. The van der Waals surface area contributed by atoms with Gasteiger partial charge in [-0.3, -0.25) is 4.90 Å². The SMILES string of the molecule is O=C(NCc1ccc([C@H]2O[C@@H](CN3CCOCC3)C[C@@H](c3ccc(CO)cc3)O2)cc1)NC12CC3CC(CC(C3)C1)C2. The molecule has 6 aliphatic rings. The Morgan fingerprint density at radius 1 is 0.833 bits per heavy atom. The highest BCUT2D eigenvalue weighted by Gasteiger charge is 2.51. The normalized spacial score (nSPS) is 34.3. The lowest BCUT2D eigenvalue weighted by atomic mass is 9.53. The predicted octanol–water partition coefficient (Wildman–Crippen LogP) is 4.82. The number of aliphatic hydroxyl groups is 1. The van der Waals surface area contributed by atoms with Crippen molar-refractivity contribution in [2.45, 2.75) is 82.1 Å². The van der Waals surface area contributed by atoms with Gasteiger partial charge in [-0.05, 0) is 73.0 Å². The highest BCUT2D eigenvalue weighted by atomic mass is 16.7. The van der Waals surface area contributed by atoms with Crippen molar-refractivity contribution < 1.29 is 24.1 Å². The molecule has 0 radical (unpaired) electrons. The summed E-state index contributed by atoms with van der Waals surface area (Å²) in [5.41, 5.74) is 4.03. The number of amides is 2. The average Bonchev–Trinajstić information content (AvgIpc) is 3.00. The number of hydrogen-bond donors (Lipinski definition) is 3. The summed E-state index contributed by atoms with van der Waals surface area (Å²) in [6.07, 6.45) is 7.79. The summed E-state index contributed by atoms with van der Waals surface area (Å²) in [5.74, 6) is 2.42. The van der Waals surface area contributed by atoms with E-state index in [0.29, 0.717) is 6.54 Å². The van der Waals surface area contributed by atoms with Crippen molar-refractivity contribution in [3.8, 4) is 0 Å². The van der Waals surface area contributed by atoms with E-state index in [2.05, 4.69) is 39.8 Å². The molecule has 2 aromatic carbocycles. The van der Waals surface area contributed by atoms with Gasteiger partial charge in [0.2, 0.25) is 0 Å². The molecule has 0 spiro atoms. The molecule has 8 rings (SSSR count). The number of morpholine rings is 1. The molecule has 2 aromatic rings. The fourth-order valence-corrected chi connectivity index (χ4v) is 8.63. The van der Waals surface area contributed by atoms with E-state index in [-0.39, 0.29) is 30.4 Å². The number of aliphatic hydroxyl groups excluding tert-OH is 1. The molecule has 0 aromatic heterocycles. The smallest absolute Gasteiger partial charge is 0.315 e. The number of nitrogens with one attached hydrogen (secondary N) is 2. The van der Waals surface area contributed by atoms with Gasteiger partial charge in [0, 0.05) is 43.7 Å². The zero-order valence-corrected chi connectivity index (χ0v) is 24.5. The van der Waals surface area contributed by atoms with Gasteiger partial charge in [0.25, 0.3) is 0 Å². The van der Waals surface area contributed by atoms with E-state index in [1.165, 1.54) is 19.3 Å². The van der Waals surface area contributed by atoms with Crippen LogP contribution in [0.15, 0.2) is 48.5 Å². The highest BCUT2D eigenvalue weighted by Crippen LogP contribution is 2.55. The average molecular weight is 576 g/mol. The third kappa shape index (κ3) is 6.38. The van der Waals surface area contributed by atoms with Crippen LogP contribution in [0.25, 0.3) is 0 Å². The molecule has 4 bridgehead atoms. The molecule has 3 N–H and O–H groups in total. The highest BCUT2D eigenvalue weighted by molar-refractivity contribution is 5.75. The zero-order chi connectivity index (χ0) is 28.5. The first-order valence-electron chi connectivity index (χ1n) is 16.0. The Bertz CT molecular complexity index is 1180. The first kappa shape index (κ1) is 28.3. The van der Waals surface area contributed by atoms with Crippen LogP contribution >= 0.6 is 0 Å². The van der Waals surface area contributed by atoms with Crippen molar-refractivity contribution in [1.82, 2.24) is 15.5 Å². The van der Waals surface area contributed by atoms with Gasteiger partial charge in [0.15, 0.2) is 6.29 Å². The van der Waals surface area contributed by atoms with Crippen molar-refractivity contribution in [2.24, 2.45) is 17.8 Å². The number of carbonyl (C=O) groups excluding carboxylic acids is 1. The minimum atomic E-state index is -0.478. The van der Waals surface area contributed by atoms with E-state index in [1.54, 1.807) is 0 Å². The Morgan fingerprint density at radius 3 is 2.10 bits per heavy atom. The third-order valence-corrected chi connectivity index (χ3v) is 10.3. The molecule has 42 heavy (non-hydrogen) atoms. The lowest BCUT2D eigenvalue weighted by Crippen LogP contribution is -2.61. The van der Waals surface area contributed by atoms with Crippen LogP contribution in [-0.4, -0.2) is 60.5 Å². The summed E-state index contributed by atoms with van der Waals surface area (Å²) in [5, 5.41) is 16.0. The first-order valence-corrected chi connectivity index (χ1v) is 16.0. The van der Waals surface area contributed by atoms with Gasteiger partial charge in [-0.1, -0.05) is 48.5 Å². The molecule has 2 amide bonds. The van der Waals surface area contributed by atoms with Crippen LogP contribution in [0.5, 0.6) is 0 Å². The van der Waals surface area contributed by atoms with Gasteiger partial charge in [-0.2, -0.15) is 0 Å². The maximum Gasteiger partial charge on any atom is 0.315 e. The van der Waals surface area contributed by atoms with Crippen LogP contribution in [0, 0.1) is 17.8 Å². The molecule has 4 aliphatic carbocycles. The second-order valence-electron chi connectivity index (χ2n) is 13.5. The molecule has 3 atom stereocenters. The van der Waals surface area contributed by atoms with Gasteiger partial charge in [0.1, 0.15) is 0 Å². The van der Waals surface area contributed by atoms with Crippen molar-refractivity contribution in [1.29, 1.82) is 0 Å². The Kier molecular flexibility index (Phi) is 8.25. The second kappa shape index (κ2) is 12.2. The van der Waals surface area contributed by atoms with E-state index >= 15 is 0 Å². The molecule has 2 heterocycles. The van der Waals surface area contributed by atoms with Gasteiger partial charge in [-0.15, -0.1) is 0 Å². The summed E-state index contributed by atoms with van der Waals surface area (Å²) in [6, 6.07) is 16.2. The second-order valence-corrected chi connectivity index (χ2v) is 13.5. The number of ether oxygens (including phenoxy) is 3. The fraction of sp³-hybridized carbons (Fsp3) is 0.618. The van der Waals surface area contributed by atoms with Crippen LogP contribution in [0.4, 0.5) is 4.79 Å². The standard InChI is InChI=1S/C34H45N3O5/c38-22-24-3-5-28(6-4-24)31-16-30(21-37-9-11-40-12-10-37)41-32(42-31)29-7-1-23(2-8-29)20-35-33(39)36-34-17-25-13-26(18-34)15-27(14-25)19-34/h1-8,25-27,30-32,38H,9-22H2,(H2,35,36,39)/t25?,26?,27?,30-,31+,32+,34?/m1/s1. The fourth-order valence-electron chi connectivity index (χ4n) is 8.63. The lowest BCUT2D eigenvalue weighted by Gasteiger charge is -2.56. The molecule has 2 saturated heterocycles. The number of benzene rings is 2. The van der Waals surface area contributed by atoms with E-state index < -0.39 is 6.29 Å². The Balaban J connectivity index is 0.979. The largest absolute Gasteiger partial charge is 0.392 e. The monoisotopic (exact) mass is 575 g/mol. The van der Waals surface area contributed by atoms with E-state index in [4.69, 9.17) is 14.2 Å². The summed E-state index contributed by atoms with van der Waals surface area (Å²) >= 11 is 0. The van der Waals surface area contributed by atoms with Gasteiger partial charge in [-0.25, -0.2) is 4.79 Å². The molecule has 226 valence electrons. The van der Waals surface area contributed by atoms with Crippen LogP contribution in [0.3, 0.4) is 0 Å². The van der Waals surface area contributed by atoms with E-state index in [0.717, 1.165) is 98.5 Å². The van der Waals surface area contributed by atoms with Crippen molar-refractivity contribution in [2.75, 3.05) is 32.8 Å². The molecule has 8 nitrogen and oxygen atoms in total. The van der Waals surface area contributed by atoms with Crippen LogP contribution in [-0.2, 0) is 27.4 Å².